The number of hydrogen-bond donors (Lipinski definition) is 1. The van der Waals surface area contributed by atoms with Crippen molar-refractivity contribution >= 4 is 110 Å². The van der Waals surface area contributed by atoms with Crippen molar-refractivity contribution in [3.8, 4) is 16.2 Å². The number of thiophene rings is 2. The molecule has 0 radical (unpaired) electrons. The molecule has 0 bridgehead atoms. The standard InChI is InChI=1S/C39H27BF2I2N4OS2/c1-23-35(31-11-13-33(43)50-31)29(9-3-25-15-19-45-20-16-25)47-38(23)37(27-5-7-28(49)8-6-27)39-24(2)36(32-12-14-34(44)51-32)30(48(39)40(47,41)42)10-4-26-17-21-46-22-18-26/h3-22,49H,1-2H3/b9-3+,10-4+. The Labute approximate surface area is 329 Å². The number of aromatic hydroxyl groups is 1. The fourth-order valence-corrected chi connectivity index (χ4v) is 10.5. The average Bonchev–Trinajstić information content (AvgIpc) is 3.89. The van der Waals surface area contributed by atoms with Gasteiger partial charge in [-0.25, -0.2) is 0 Å². The molecule has 0 saturated heterocycles. The number of halogens is 4. The maximum absolute atomic E-state index is 18.2. The molecule has 0 aliphatic carbocycles. The average molecular weight is 934 g/mol. The fraction of sp³-hybridized carbons (Fsp3) is 0.0513. The van der Waals surface area contributed by atoms with E-state index in [-0.39, 0.29) is 5.75 Å². The Morgan fingerprint density at radius 1 is 0.725 bits per heavy atom. The number of hydrogen-bond acceptors (Lipinski definition) is 5. The van der Waals surface area contributed by atoms with Crippen LogP contribution in [0.3, 0.4) is 0 Å². The number of benzene rings is 1. The molecule has 0 fully saturated rings. The minimum absolute atomic E-state index is 0.105. The third kappa shape index (κ3) is 5.99. The van der Waals surface area contributed by atoms with Crippen LogP contribution < -0.4 is 0 Å². The van der Waals surface area contributed by atoms with Crippen LogP contribution in [0.15, 0.2) is 115 Å². The van der Waals surface area contributed by atoms with Crippen LogP contribution in [0.25, 0.3) is 39.8 Å². The highest BCUT2D eigenvalue weighted by molar-refractivity contribution is 14.1. The van der Waals surface area contributed by atoms with Gasteiger partial charge in [0.1, 0.15) is 5.75 Å². The molecular weight excluding hydrogens is 907 g/mol. The number of pyridine rings is 2. The lowest BCUT2D eigenvalue weighted by Crippen LogP contribution is -2.51. The molecule has 252 valence electrons. The van der Waals surface area contributed by atoms with E-state index in [9.17, 15) is 5.11 Å². The lowest BCUT2D eigenvalue weighted by atomic mass is 9.83. The molecule has 0 unspecified atom stereocenters. The molecule has 51 heavy (non-hydrogen) atoms. The highest BCUT2D eigenvalue weighted by Crippen LogP contribution is 2.51. The van der Waals surface area contributed by atoms with Gasteiger partial charge in [-0.15, -0.1) is 22.7 Å². The van der Waals surface area contributed by atoms with Crippen molar-refractivity contribution in [1.82, 2.24) is 14.4 Å². The van der Waals surface area contributed by atoms with Gasteiger partial charge in [0.15, 0.2) is 11.4 Å². The van der Waals surface area contributed by atoms with E-state index >= 15 is 8.63 Å². The Balaban J connectivity index is 1.52. The summed E-state index contributed by atoms with van der Waals surface area (Å²) in [6, 6.07) is 22.4. The Hall–Kier alpha value is -3.99. The van der Waals surface area contributed by atoms with E-state index in [4.69, 9.17) is 0 Å². The first-order valence-electron chi connectivity index (χ1n) is 16.0. The number of aromatic nitrogens is 3. The van der Waals surface area contributed by atoms with Crippen LogP contribution in [0, 0.1) is 12.7 Å². The van der Waals surface area contributed by atoms with E-state index in [1.165, 1.54) is 8.96 Å². The Bertz CT molecular complexity index is 2500. The zero-order valence-electron chi connectivity index (χ0n) is 27.2. The van der Waals surface area contributed by atoms with E-state index in [1.807, 2.05) is 98.8 Å². The lowest BCUT2D eigenvalue weighted by Gasteiger charge is -2.34. The first-order valence-corrected chi connectivity index (χ1v) is 19.8. The van der Waals surface area contributed by atoms with Crippen LogP contribution in [0.4, 0.5) is 8.63 Å². The Kier molecular flexibility index (Phi) is 9.05. The summed E-state index contributed by atoms with van der Waals surface area (Å²) in [6.45, 7) is -0.575. The SMILES string of the molecule is CC1=C(c2ccc(I)s2)C(/C=C/c2ccncc2)=[N+]2C1=C(c1ccc(O)cc1)c1c(C)c(-c3ccc(I)s3)c(/C=C/c3ccncc3)n1[B-]2(F)F. The van der Waals surface area contributed by atoms with Crippen LogP contribution in [-0.2, 0) is 0 Å². The number of phenols is 1. The predicted octanol–water partition coefficient (Wildman–Crippen LogP) is 11.1. The van der Waals surface area contributed by atoms with Crippen molar-refractivity contribution in [2.24, 2.45) is 0 Å². The molecule has 0 spiro atoms. The maximum atomic E-state index is 18.2. The quantitative estimate of drug-likeness (QED) is 0.128. The van der Waals surface area contributed by atoms with E-state index < -0.39 is 6.97 Å². The van der Waals surface area contributed by atoms with Crippen molar-refractivity contribution in [2.45, 2.75) is 13.8 Å². The second-order valence-electron chi connectivity index (χ2n) is 12.2. The van der Waals surface area contributed by atoms with Crippen molar-refractivity contribution in [2.75, 3.05) is 0 Å². The van der Waals surface area contributed by atoms with E-state index in [0.717, 1.165) is 54.5 Å². The van der Waals surface area contributed by atoms with Gasteiger partial charge in [0.2, 0.25) is 0 Å². The fourth-order valence-electron chi connectivity index (χ4n) is 7.00. The van der Waals surface area contributed by atoms with Gasteiger partial charge in [-0.05, 0) is 154 Å². The van der Waals surface area contributed by atoms with Gasteiger partial charge in [-0.1, -0.05) is 18.2 Å². The molecule has 1 N–H and O–H groups in total. The minimum Gasteiger partial charge on any atom is -0.508 e. The van der Waals surface area contributed by atoms with Gasteiger partial charge in [-0.2, -0.15) is 0 Å². The van der Waals surface area contributed by atoms with Crippen LogP contribution in [0.5, 0.6) is 5.75 Å². The van der Waals surface area contributed by atoms with Gasteiger partial charge < -0.3 is 22.7 Å². The summed E-state index contributed by atoms with van der Waals surface area (Å²) in [4.78, 5) is 10.1. The summed E-state index contributed by atoms with van der Waals surface area (Å²) in [5.41, 5.74) is 7.96. The number of nitrogens with zero attached hydrogens (tertiary/aromatic N) is 4. The molecule has 12 heteroatoms. The van der Waals surface area contributed by atoms with Crippen molar-refractivity contribution in [3.05, 3.63) is 159 Å². The van der Waals surface area contributed by atoms with Crippen molar-refractivity contribution in [3.63, 3.8) is 0 Å². The number of allylic oxidation sites excluding steroid dienone is 3. The second-order valence-corrected chi connectivity index (χ2v) is 18.1. The third-order valence-electron chi connectivity index (χ3n) is 9.14. The number of phenolic OH excluding ortho intramolecular Hbond substituents is 1. The molecule has 6 aromatic rings. The van der Waals surface area contributed by atoms with Crippen LogP contribution >= 0.6 is 67.9 Å². The summed E-state index contributed by atoms with van der Waals surface area (Å²) >= 11 is 7.72. The Morgan fingerprint density at radius 3 is 1.86 bits per heavy atom. The molecule has 8 rings (SSSR count). The van der Waals surface area contributed by atoms with E-state index in [0.29, 0.717) is 28.4 Å². The van der Waals surface area contributed by atoms with Crippen molar-refractivity contribution in [1.29, 1.82) is 0 Å². The van der Waals surface area contributed by atoms with Crippen LogP contribution in [0.2, 0.25) is 0 Å². The maximum Gasteiger partial charge on any atom is 0.737 e. The molecule has 5 aromatic heterocycles. The van der Waals surface area contributed by atoms with Gasteiger partial charge in [0.25, 0.3) is 0 Å². The van der Waals surface area contributed by atoms with Gasteiger partial charge >= 0.3 is 6.97 Å². The minimum atomic E-state index is -4.47. The lowest BCUT2D eigenvalue weighted by molar-refractivity contribution is -0.361. The summed E-state index contributed by atoms with van der Waals surface area (Å²) in [5.74, 6) is 0.105. The summed E-state index contributed by atoms with van der Waals surface area (Å²) in [7, 11) is 0. The largest absolute Gasteiger partial charge is 0.737 e. The molecule has 7 heterocycles. The molecule has 0 atom stereocenters. The zero-order valence-corrected chi connectivity index (χ0v) is 33.1. The predicted molar refractivity (Wildman–Crippen MR) is 224 cm³/mol. The van der Waals surface area contributed by atoms with Crippen LogP contribution in [0.1, 0.15) is 45.4 Å². The molecule has 1 aromatic carbocycles. The highest BCUT2D eigenvalue weighted by atomic mass is 127. The van der Waals surface area contributed by atoms with Gasteiger partial charge in [-0.3, -0.25) is 9.97 Å². The smallest absolute Gasteiger partial charge is 0.508 e. The molecular formula is C39H27BF2I2N4OS2. The molecule has 2 aliphatic heterocycles. The first kappa shape index (κ1) is 34.1. The topological polar surface area (TPSA) is 54.0 Å². The molecule has 0 saturated carbocycles. The van der Waals surface area contributed by atoms with E-state index in [1.54, 1.807) is 59.6 Å². The zero-order chi connectivity index (χ0) is 35.4. The van der Waals surface area contributed by atoms with Crippen LogP contribution in [-0.4, -0.2) is 36.7 Å². The van der Waals surface area contributed by atoms with Gasteiger partial charge in [0.05, 0.1) is 16.9 Å². The van der Waals surface area contributed by atoms with Gasteiger partial charge in [0, 0.05) is 63.1 Å². The molecule has 5 nitrogen and oxygen atoms in total. The molecule has 2 aliphatic rings. The first-order chi connectivity index (χ1) is 24.6. The monoisotopic (exact) mass is 934 g/mol. The summed E-state index contributed by atoms with van der Waals surface area (Å²) < 4.78 is 41.1. The highest BCUT2D eigenvalue weighted by Gasteiger charge is 2.58. The third-order valence-corrected chi connectivity index (χ3v) is 13.0. The number of fused-ring (bicyclic) bond motifs is 2. The molecule has 0 amide bonds. The van der Waals surface area contributed by atoms with Crippen molar-refractivity contribution < 1.29 is 18.2 Å². The normalized spacial score (nSPS) is 15.5. The summed E-state index contributed by atoms with van der Waals surface area (Å²) in [6.07, 6.45) is 14.2. The Morgan fingerprint density at radius 2 is 1.29 bits per heavy atom. The van der Waals surface area contributed by atoms with E-state index in [2.05, 4.69) is 55.1 Å². The second kappa shape index (κ2) is 13.5. The number of rotatable bonds is 7. The summed E-state index contributed by atoms with van der Waals surface area (Å²) in [5, 5.41) is 10.3.